The fraction of sp³-hybridized carbons (Fsp3) is 0.250. The number of aromatic nitrogens is 2. The summed E-state index contributed by atoms with van der Waals surface area (Å²) < 4.78 is 15.8. The van der Waals surface area contributed by atoms with Gasteiger partial charge in [-0.15, -0.1) is 0 Å². The number of fused-ring (bicyclic) bond motifs is 4. The molecule has 9 heteroatoms. The van der Waals surface area contributed by atoms with Gasteiger partial charge >= 0.3 is 5.97 Å². The second kappa shape index (κ2) is 7.93. The van der Waals surface area contributed by atoms with Gasteiger partial charge in [-0.3, -0.25) is 19.4 Å². The van der Waals surface area contributed by atoms with Crippen molar-refractivity contribution in [2.24, 2.45) is 11.8 Å². The zero-order chi connectivity index (χ0) is 23.3. The van der Waals surface area contributed by atoms with E-state index >= 15 is 0 Å². The van der Waals surface area contributed by atoms with Crippen molar-refractivity contribution in [3.05, 3.63) is 88.4 Å². The smallest absolute Gasteiger partial charge is 0.309 e. The zero-order valence-corrected chi connectivity index (χ0v) is 17.3. The maximum absolute atomic E-state index is 14.4. The number of hydrogen-bond donors (Lipinski definition) is 2. The third-order valence-corrected chi connectivity index (χ3v) is 6.64. The van der Waals surface area contributed by atoms with Gasteiger partial charge < -0.3 is 19.7 Å². The van der Waals surface area contributed by atoms with Crippen LogP contribution >= 0.6 is 0 Å². The summed E-state index contributed by atoms with van der Waals surface area (Å²) in [6, 6.07) is 10.5. The average Bonchev–Trinajstić information content (AvgIpc) is 3.07. The predicted molar refractivity (Wildman–Crippen MR) is 115 cm³/mol. The number of rotatable bonds is 4. The van der Waals surface area contributed by atoms with Crippen molar-refractivity contribution in [2.45, 2.75) is 18.6 Å². The number of carbonyl (C=O) groups is 2. The standard InChI is InChI=1S/C24H20FN3O5/c25-17-6-2-1-5-14(17)15-7-8-18-21-20(24(32)33)16(12-29)19(11-27(18)23(15)31)28(21)22(30)13-4-3-9-26-10-13/h1-10,16,19-21,29H,11-12H2,(H,32,33)/t16-,19-,20+,21+/m1/s1. The minimum absolute atomic E-state index is 0.00598. The summed E-state index contributed by atoms with van der Waals surface area (Å²) in [5.74, 6) is -4.00. The molecule has 168 valence electrons. The van der Waals surface area contributed by atoms with Crippen LogP contribution in [0.5, 0.6) is 0 Å². The fourth-order valence-electron chi connectivity index (χ4n) is 5.19. The van der Waals surface area contributed by atoms with E-state index in [1.165, 1.54) is 46.1 Å². The van der Waals surface area contributed by atoms with Gasteiger partial charge in [0, 0.05) is 42.7 Å². The Bertz CT molecular complexity index is 1310. The molecule has 8 nitrogen and oxygen atoms in total. The Hall–Kier alpha value is -3.85. The molecule has 0 aliphatic carbocycles. The Morgan fingerprint density at radius 2 is 1.88 bits per heavy atom. The summed E-state index contributed by atoms with van der Waals surface area (Å²) >= 11 is 0. The highest BCUT2D eigenvalue weighted by atomic mass is 19.1. The number of hydrogen-bond acceptors (Lipinski definition) is 5. The molecule has 0 radical (unpaired) electrons. The first kappa shape index (κ1) is 21.0. The molecule has 2 aromatic heterocycles. The molecular formula is C24H20FN3O5. The molecule has 1 amide bonds. The van der Waals surface area contributed by atoms with Gasteiger partial charge in [0.1, 0.15) is 5.82 Å². The highest BCUT2D eigenvalue weighted by molar-refractivity contribution is 5.95. The molecule has 1 aromatic carbocycles. The summed E-state index contributed by atoms with van der Waals surface area (Å²) in [5.41, 5.74) is 0.456. The summed E-state index contributed by atoms with van der Waals surface area (Å²) in [6.45, 7) is -0.466. The normalized spacial score (nSPS) is 23.3. The van der Waals surface area contributed by atoms with Gasteiger partial charge in [-0.05, 0) is 30.3 Å². The molecule has 2 aliphatic heterocycles. The van der Waals surface area contributed by atoms with Gasteiger partial charge in [0.05, 0.1) is 29.1 Å². The lowest BCUT2D eigenvalue weighted by molar-refractivity contribution is -0.144. The topological polar surface area (TPSA) is 113 Å². The quantitative estimate of drug-likeness (QED) is 0.630. The Kier molecular flexibility index (Phi) is 5.05. The van der Waals surface area contributed by atoms with Crippen LogP contribution in [0.1, 0.15) is 22.1 Å². The van der Waals surface area contributed by atoms with Crippen molar-refractivity contribution in [2.75, 3.05) is 6.61 Å². The van der Waals surface area contributed by atoms with E-state index in [-0.39, 0.29) is 23.2 Å². The Morgan fingerprint density at radius 3 is 2.55 bits per heavy atom. The van der Waals surface area contributed by atoms with E-state index in [1.54, 1.807) is 24.3 Å². The van der Waals surface area contributed by atoms with Gasteiger partial charge in [-0.2, -0.15) is 0 Å². The van der Waals surface area contributed by atoms with Gasteiger partial charge in [0.15, 0.2) is 0 Å². The number of pyridine rings is 2. The number of aliphatic hydroxyl groups excluding tert-OH is 1. The first-order chi connectivity index (χ1) is 15.9. The fourth-order valence-corrected chi connectivity index (χ4v) is 5.19. The molecule has 1 saturated heterocycles. The molecule has 4 atom stereocenters. The van der Waals surface area contributed by atoms with E-state index in [9.17, 15) is 29.0 Å². The molecule has 2 aliphatic rings. The Labute approximate surface area is 187 Å². The molecule has 0 spiro atoms. The Morgan fingerprint density at radius 1 is 1.09 bits per heavy atom. The first-order valence-corrected chi connectivity index (χ1v) is 10.5. The predicted octanol–water partition coefficient (Wildman–Crippen LogP) is 1.94. The molecule has 1 fully saturated rings. The number of benzene rings is 1. The highest BCUT2D eigenvalue weighted by Crippen LogP contribution is 2.49. The maximum atomic E-state index is 14.4. The third-order valence-electron chi connectivity index (χ3n) is 6.64. The van der Waals surface area contributed by atoms with Crippen LogP contribution in [0.4, 0.5) is 4.39 Å². The van der Waals surface area contributed by atoms with E-state index in [2.05, 4.69) is 4.98 Å². The molecule has 0 unspecified atom stereocenters. The number of carbonyl (C=O) groups excluding carboxylic acids is 1. The SMILES string of the molecule is O=C(O)[C@H]1[C@H](CO)[C@H]2Cn3c(ccc(-c4ccccc4F)c3=O)[C@@H]1N2C(=O)c1cccnc1. The number of aliphatic carboxylic acids is 1. The van der Waals surface area contributed by atoms with Crippen molar-refractivity contribution >= 4 is 11.9 Å². The number of halogens is 1. The summed E-state index contributed by atoms with van der Waals surface area (Å²) in [4.78, 5) is 44.4. The molecule has 0 saturated carbocycles. The minimum Gasteiger partial charge on any atom is -0.481 e. The van der Waals surface area contributed by atoms with Crippen molar-refractivity contribution < 1.29 is 24.2 Å². The molecule has 2 bridgehead atoms. The van der Waals surface area contributed by atoms with E-state index in [0.29, 0.717) is 5.69 Å². The number of amides is 1. The molecule has 4 heterocycles. The zero-order valence-electron chi connectivity index (χ0n) is 17.3. The van der Waals surface area contributed by atoms with E-state index < -0.39 is 53.8 Å². The number of nitrogens with zero attached hydrogens (tertiary/aromatic N) is 3. The molecule has 2 N–H and O–H groups in total. The highest BCUT2D eigenvalue weighted by Gasteiger charge is 2.57. The second-order valence-corrected chi connectivity index (χ2v) is 8.24. The maximum Gasteiger partial charge on any atom is 0.309 e. The van der Waals surface area contributed by atoms with Crippen molar-refractivity contribution in [1.82, 2.24) is 14.5 Å². The van der Waals surface area contributed by atoms with Gasteiger partial charge in [-0.25, -0.2) is 4.39 Å². The number of carboxylic acid groups (broad SMARTS) is 1. The third kappa shape index (κ3) is 3.15. The molecular weight excluding hydrogens is 429 g/mol. The lowest BCUT2D eigenvalue weighted by Crippen LogP contribution is -2.49. The van der Waals surface area contributed by atoms with Gasteiger partial charge in [0.25, 0.3) is 11.5 Å². The van der Waals surface area contributed by atoms with Crippen LogP contribution in [0.15, 0.2) is 65.7 Å². The molecule has 5 rings (SSSR count). The van der Waals surface area contributed by atoms with Gasteiger partial charge in [-0.1, -0.05) is 18.2 Å². The second-order valence-electron chi connectivity index (χ2n) is 8.24. The van der Waals surface area contributed by atoms with Crippen LogP contribution in [0.2, 0.25) is 0 Å². The monoisotopic (exact) mass is 449 g/mol. The Balaban J connectivity index is 1.68. The van der Waals surface area contributed by atoms with E-state index in [4.69, 9.17) is 0 Å². The lowest BCUT2D eigenvalue weighted by Gasteiger charge is -2.38. The average molecular weight is 449 g/mol. The molecule has 3 aromatic rings. The van der Waals surface area contributed by atoms with Gasteiger partial charge in [0.2, 0.25) is 0 Å². The minimum atomic E-state index is -1.16. The van der Waals surface area contributed by atoms with E-state index in [1.807, 2.05) is 0 Å². The van der Waals surface area contributed by atoms with Crippen LogP contribution in [0.3, 0.4) is 0 Å². The molecule has 33 heavy (non-hydrogen) atoms. The number of aliphatic hydroxyl groups is 1. The van der Waals surface area contributed by atoms with Crippen LogP contribution < -0.4 is 5.56 Å². The summed E-state index contributed by atoms with van der Waals surface area (Å²) in [7, 11) is 0. The van der Waals surface area contributed by atoms with Crippen LogP contribution in [-0.2, 0) is 11.3 Å². The summed E-state index contributed by atoms with van der Waals surface area (Å²) in [5, 5.41) is 20.1. The van der Waals surface area contributed by atoms with Crippen molar-refractivity contribution in [1.29, 1.82) is 0 Å². The number of carboxylic acids is 1. The van der Waals surface area contributed by atoms with Crippen LogP contribution in [-0.4, -0.2) is 49.2 Å². The van der Waals surface area contributed by atoms with E-state index in [0.717, 1.165) is 0 Å². The first-order valence-electron chi connectivity index (χ1n) is 10.5. The van der Waals surface area contributed by atoms with Crippen molar-refractivity contribution in [3.63, 3.8) is 0 Å². The van der Waals surface area contributed by atoms with Crippen molar-refractivity contribution in [3.8, 4) is 11.1 Å². The largest absolute Gasteiger partial charge is 0.481 e. The van der Waals surface area contributed by atoms with Crippen LogP contribution in [0, 0.1) is 17.7 Å². The summed E-state index contributed by atoms with van der Waals surface area (Å²) in [6.07, 6.45) is 2.92. The lowest BCUT2D eigenvalue weighted by atomic mass is 9.87. The van der Waals surface area contributed by atoms with Crippen LogP contribution in [0.25, 0.3) is 11.1 Å².